The molecule has 0 N–H and O–H groups in total. The molecule has 0 aliphatic rings. The average Bonchev–Trinajstić information content (AvgIpc) is 2.21. The fourth-order valence-corrected chi connectivity index (χ4v) is 1.41. The number of aromatic nitrogens is 2. The Morgan fingerprint density at radius 1 is 0.929 bits per heavy atom. The lowest BCUT2D eigenvalue weighted by molar-refractivity contribution is 1.01. The minimum Gasteiger partial charge on any atom is -0.149 e. The monoisotopic (exact) mass is 248 g/mol. The molecule has 0 atom stereocenters. The molecule has 2 rings (SSSR count). The molecule has 1 aromatic heterocycles. The minimum absolute atomic E-state index is 0.758. The summed E-state index contributed by atoms with van der Waals surface area (Å²) < 4.78 is 0.758. The molecule has 70 valence electrons. The van der Waals surface area contributed by atoms with Crippen molar-refractivity contribution in [1.82, 2.24) is 10.2 Å². The highest BCUT2D eigenvalue weighted by Crippen LogP contribution is 2.17. The number of hydrogen-bond donors (Lipinski definition) is 0. The number of rotatable bonds is 1. The Labute approximate surface area is 91.1 Å². The molecule has 0 spiro atoms. The highest BCUT2D eigenvalue weighted by atomic mass is 79.9. The first-order valence-corrected chi connectivity index (χ1v) is 5.11. The van der Waals surface area contributed by atoms with Crippen LogP contribution in [0.1, 0.15) is 5.56 Å². The van der Waals surface area contributed by atoms with Crippen LogP contribution in [0.15, 0.2) is 41.0 Å². The topological polar surface area (TPSA) is 25.8 Å². The largest absolute Gasteiger partial charge is 0.149 e. The van der Waals surface area contributed by atoms with Crippen LogP contribution in [0.4, 0.5) is 0 Å². The SMILES string of the molecule is Cc1ccc(-c2ccc(Br)nn2)cc1. The van der Waals surface area contributed by atoms with E-state index >= 15 is 0 Å². The summed E-state index contributed by atoms with van der Waals surface area (Å²) in [7, 11) is 0. The third-order valence-corrected chi connectivity index (χ3v) is 2.40. The Kier molecular flexibility index (Phi) is 2.59. The van der Waals surface area contributed by atoms with Gasteiger partial charge < -0.3 is 0 Å². The average molecular weight is 249 g/mol. The summed E-state index contributed by atoms with van der Waals surface area (Å²) in [6, 6.07) is 12.1. The van der Waals surface area contributed by atoms with E-state index in [0.29, 0.717) is 0 Å². The lowest BCUT2D eigenvalue weighted by atomic mass is 10.1. The summed E-state index contributed by atoms with van der Waals surface area (Å²) in [5.74, 6) is 0. The maximum absolute atomic E-state index is 4.08. The normalized spacial score (nSPS) is 10.1. The number of halogens is 1. The summed E-state index contributed by atoms with van der Waals surface area (Å²) in [5.41, 5.74) is 3.24. The van der Waals surface area contributed by atoms with Crippen molar-refractivity contribution in [2.24, 2.45) is 0 Å². The van der Waals surface area contributed by atoms with Crippen molar-refractivity contribution in [2.75, 3.05) is 0 Å². The first-order chi connectivity index (χ1) is 6.75. The van der Waals surface area contributed by atoms with Crippen molar-refractivity contribution in [3.8, 4) is 11.3 Å². The zero-order chi connectivity index (χ0) is 9.97. The van der Waals surface area contributed by atoms with E-state index in [-0.39, 0.29) is 0 Å². The molecule has 0 bridgehead atoms. The molecular weight excluding hydrogens is 240 g/mol. The fourth-order valence-electron chi connectivity index (χ4n) is 1.19. The van der Waals surface area contributed by atoms with Crippen molar-refractivity contribution in [3.05, 3.63) is 46.6 Å². The molecule has 3 heteroatoms. The van der Waals surface area contributed by atoms with Crippen molar-refractivity contribution >= 4 is 15.9 Å². The third kappa shape index (κ3) is 1.99. The maximum Gasteiger partial charge on any atom is 0.128 e. The van der Waals surface area contributed by atoms with Gasteiger partial charge in [0.25, 0.3) is 0 Å². The zero-order valence-corrected chi connectivity index (χ0v) is 9.32. The Morgan fingerprint density at radius 3 is 2.21 bits per heavy atom. The van der Waals surface area contributed by atoms with Gasteiger partial charge in [0.15, 0.2) is 0 Å². The van der Waals surface area contributed by atoms with Crippen LogP contribution >= 0.6 is 15.9 Å². The van der Waals surface area contributed by atoms with Gasteiger partial charge in [-0.1, -0.05) is 29.8 Å². The zero-order valence-electron chi connectivity index (χ0n) is 7.74. The van der Waals surface area contributed by atoms with Crippen LogP contribution < -0.4 is 0 Å². The van der Waals surface area contributed by atoms with E-state index in [4.69, 9.17) is 0 Å². The molecule has 1 aromatic carbocycles. The standard InChI is InChI=1S/C11H9BrN2/c1-8-2-4-9(5-3-8)10-6-7-11(12)14-13-10/h2-7H,1H3. The van der Waals surface area contributed by atoms with Gasteiger partial charge in [0.1, 0.15) is 4.60 Å². The fraction of sp³-hybridized carbons (Fsp3) is 0.0909. The number of hydrogen-bond acceptors (Lipinski definition) is 2. The van der Waals surface area contributed by atoms with Crippen molar-refractivity contribution in [1.29, 1.82) is 0 Å². The van der Waals surface area contributed by atoms with Crippen LogP contribution in [0.3, 0.4) is 0 Å². The molecule has 0 aliphatic carbocycles. The molecule has 0 saturated carbocycles. The van der Waals surface area contributed by atoms with Crippen LogP contribution in [0.2, 0.25) is 0 Å². The lowest BCUT2D eigenvalue weighted by Gasteiger charge is -1.99. The summed E-state index contributed by atoms with van der Waals surface area (Å²) in [5, 5.41) is 8.03. The molecule has 1 heterocycles. The minimum atomic E-state index is 0.758. The molecule has 0 amide bonds. The molecule has 0 radical (unpaired) electrons. The summed E-state index contributed by atoms with van der Waals surface area (Å²) in [6.45, 7) is 2.07. The second-order valence-corrected chi connectivity index (χ2v) is 3.92. The van der Waals surface area contributed by atoms with Gasteiger partial charge in [0.2, 0.25) is 0 Å². The predicted molar refractivity (Wildman–Crippen MR) is 59.9 cm³/mol. The van der Waals surface area contributed by atoms with Crippen molar-refractivity contribution in [3.63, 3.8) is 0 Å². The van der Waals surface area contributed by atoms with E-state index < -0.39 is 0 Å². The van der Waals surface area contributed by atoms with E-state index in [1.54, 1.807) is 0 Å². The quantitative estimate of drug-likeness (QED) is 0.775. The van der Waals surface area contributed by atoms with E-state index in [2.05, 4.69) is 45.2 Å². The Bertz CT molecular complexity index is 377. The lowest BCUT2D eigenvalue weighted by Crippen LogP contribution is -1.87. The van der Waals surface area contributed by atoms with Crippen LogP contribution in [-0.2, 0) is 0 Å². The predicted octanol–water partition coefficient (Wildman–Crippen LogP) is 3.21. The van der Waals surface area contributed by atoms with Gasteiger partial charge in [-0.05, 0) is 35.0 Å². The van der Waals surface area contributed by atoms with Crippen molar-refractivity contribution < 1.29 is 0 Å². The van der Waals surface area contributed by atoms with E-state index in [1.807, 2.05) is 24.3 Å². The Hall–Kier alpha value is -1.22. The van der Waals surface area contributed by atoms with E-state index in [1.165, 1.54) is 5.56 Å². The molecule has 2 nitrogen and oxygen atoms in total. The van der Waals surface area contributed by atoms with E-state index in [9.17, 15) is 0 Å². The van der Waals surface area contributed by atoms with Crippen LogP contribution in [0.5, 0.6) is 0 Å². The van der Waals surface area contributed by atoms with Gasteiger partial charge in [-0.2, -0.15) is 0 Å². The van der Waals surface area contributed by atoms with E-state index in [0.717, 1.165) is 15.9 Å². The summed E-state index contributed by atoms with van der Waals surface area (Å²) >= 11 is 3.26. The Morgan fingerprint density at radius 2 is 1.64 bits per heavy atom. The highest BCUT2D eigenvalue weighted by molar-refractivity contribution is 9.10. The number of benzene rings is 1. The molecule has 0 aliphatic heterocycles. The smallest absolute Gasteiger partial charge is 0.128 e. The van der Waals surface area contributed by atoms with Gasteiger partial charge >= 0.3 is 0 Å². The molecular formula is C11H9BrN2. The number of aryl methyl sites for hydroxylation is 1. The molecule has 14 heavy (non-hydrogen) atoms. The summed E-state index contributed by atoms with van der Waals surface area (Å²) in [4.78, 5) is 0. The van der Waals surface area contributed by atoms with Crippen LogP contribution in [0.25, 0.3) is 11.3 Å². The maximum atomic E-state index is 4.08. The molecule has 2 aromatic rings. The first kappa shape index (κ1) is 9.34. The van der Waals surface area contributed by atoms with Gasteiger partial charge in [0, 0.05) is 5.56 Å². The second kappa shape index (κ2) is 3.88. The first-order valence-electron chi connectivity index (χ1n) is 4.32. The summed E-state index contributed by atoms with van der Waals surface area (Å²) in [6.07, 6.45) is 0. The second-order valence-electron chi connectivity index (χ2n) is 3.11. The number of nitrogens with zero attached hydrogens (tertiary/aromatic N) is 2. The highest BCUT2D eigenvalue weighted by Gasteiger charge is 1.98. The van der Waals surface area contributed by atoms with Gasteiger partial charge in [-0.15, -0.1) is 10.2 Å². The van der Waals surface area contributed by atoms with Crippen molar-refractivity contribution in [2.45, 2.75) is 6.92 Å². The van der Waals surface area contributed by atoms with Gasteiger partial charge in [-0.25, -0.2) is 0 Å². The van der Waals surface area contributed by atoms with Gasteiger partial charge in [-0.3, -0.25) is 0 Å². The molecule has 0 unspecified atom stereocenters. The van der Waals surface area contributed by atoms with Crippen LogP contribution in [-0.4, -0.2) is 10.2 Å². The third-order valence-electron chi connectivity index (χ3n) is 1.98. The Balaban J connectivity index is 2.40. The van der Waals surface area contributed by atoms with Gasteiger partial charge in [0.05, 0.1) is 5.69 Å². The van der Waals surface area contributed by atoms with Crippen LogP contribution in [0, 0.1) is 6.92 Å². The molecule has 0 saturated heterocycles. The molecule has 0 fully saturated rings.